The van der Waals surface area contributed by atoms with Gasteiger partial charge < -0.3 is 0 Å². The van der Waals surface area contributed by atoms with Gasteiger partial charge in [-0.1, -0.05) is 31.9 Å². The lowest BCUT2D eigenvalue weighted by Crippen LogP contribution is -1.82. The summed E-state index contributed by atoms with van der Waals surface area (Å²) in [5, 5.41) is 0. The van der Waals surface area contributed by atoms with Gasteiger partial charge in [0.25, 0.3) is 0 Å². The molecule has 0 N–H and O–H groups in total. The van der Waals surface area contributed by atoms with Crippen molar-refractivity contribution in [3.8, 4) is 11.3 Å². The summed E-state index contributed by atoms with van der Waals surface area (Å²) in [6.07, 6.45) is 1.74. The first-order valence-corrected chi connectivity index (χ1v) is 5.63. The smallest absolute Gasteiger partial charge is 0.0708 e. The van der Waals surface area contributed by atoms with Crippen molar-refractivity contribution in [2.75, 3.05) is 0 Å². The minimum Gasteiger partial charge on any atom is -0.256 e. The Morgan fingerprint density at radius 3 is 2.36 bits per heavy atom. The van der Waals surface area contributed by atoms with Crippen LogP contribution in [0.5, 0.6) is 0 Å². The fraction of sp³-hybridized carbons (Fsp3) is 0. The van der Waals surface area contributed by atoms with E-state index in [2.05, 4.69) is 42.9 Å². The molecule has 0 amide bonds. The van der Waals surface area contributed by atoms with Crippen molar-refractivity contribution in [2.24, 2.45) is 0 Å². The van der Waals surface area contributed by atoms with E-state index in [1.54, 1.807) is 12.3 Å². The van der Waals surface area contributed by atoms with Gasteiger partial charge in [0.15, 0.2) is 0 Å². The van der Waals surface area contributed by atoms with Gasteiger partial charge in [0.1, 0.15) is 0 Å². The van der Waals surface area contributed by atoms with Crippen LogP contribution in [-0.4, -0.2) is 4.98 Å². The van der Waals surface area contributed by atoms with Crippen molar-refractivity contribution >= 4 is 31.9 Å². The van der Waals surface area contributed by atoms with Crippen molar-refractivity contribution in [1.29, 1.82) is 0 Å². The molecular weight excluding hydrogens is 306 g/mol. The Kier molecular flexibility index (Phi) is 2.99. The molecule has 1 nitrogen and oxygen atoms in total. The topological polar surface area (TPSA) is 12.9 Å². The summed E-state index contributed by atoms with van der Waals surface area (Å²) in [6, 6.07) is 12.7. The first kappa shape index (κ1) is 9.87. The van der Waals surface area contributed by atoms with Crippen LogP contribution in [-0.2, 0) is 0 Å². The molecule has 2 rings (SSSR count). The van der Waals surface area contributed by atoms with Crippen LogP contribution >= 0.6 is 31.9 Å². The minimum atomic E-state index is 0.925. The second kappa shape index (κ2) is 4.24. The molecule has 0 bridgehead atoms. The first-order valence-electron chi connectivity index (χ1n) is 4.04. The van der Waals surface area contributed by atoms with E-state index in [0.717, 1.165) is 20.2 Å². The summed E-state index contributed by atoms with van der Waals surface area (Å²) in [6.45, 7) is 0. The summed E-state index contributed by atoms with van der Waals surface area (Å²) in [7, 11) is 0. The Bertz CT molecular complexity index is 420. The maximum Gasteiger partial charge on any atom is 0.0708 e. The highest BCUT2D eigenvalue weighted by Gasteiger charge is 2.00. The average molecular weight is 312 g/mol. The zero-order chi connectivity index (χ0) is 9.97. The van der Waals surface area contributed by atoms with E-state index in [-0.39, 0.29) is 0 Å². The summed E-state index contributed by atoms with van der Waals surface area (Å²) < 4.78 is 2.07. The number of hydrogen-bond acceptors (Lipinski definition) is 1. The molecule has 0 unspecified atom stereocenters. The van der Waals surface area contributed by atoms with Crippen LogP contribution in [0.1, 0.15) is 0 Å². The number of hydrogen-bond donors (Lipinski definition) is 0. The van der Waals surface area contributed by atoms with Crippen LogP contribution in [0.15, 0.2) is 45.5 Å². The van der Waals surface area contributed by atoms with E-state index < -0.39 is 0 Å². The zero-order valence-electron chi connectivity index (χ0n) is 7.17. The molecule has 1 aromatic carbocycles. The van der Waals surface area contributed by atoms with E-state index in [4.69, 9.17) is 0 Å². The van der Waals surface area contributed by atoms with Crippen LogP contribution < -0.4 is 0 Å². The molecule has 2 aromatic rings. The van der Waals surface area contributed by atoms with Gasteiger partial charge in [-0.05, 0) is 36.4 Å². The molecule has 0 fully saturated rings. The average Bonchev–Trinajstić information content (AvgIpc) is 2.18. The van der Waals surface area contributed by atoms with E-state index in [9.17, 15) is 0 Å². The van der Waals surface area contributed by atoms with E-state index in [0.29, 0.717) is 0 Å². The quantitative estimate of drug-likeness (QED) is 0.773. The highest BCUT2D eigenvalue weighted by Crippen LogP contribution is 2.25. The number of pyridine rings is 1. The lowest BCUT2D eigenvalue weighted by molar-refractivity contribution is 1.32. The highest BCUT2D eigenvalue weighted by molar-refractivity contribution is 9.11. The summed E-state index contributed by atoms with van der Waals surface area (Å²) in [5.41, 5.74) is 2.00. The third kappa shape index (κ3) is 2.22. The van der Waals surface area contributed by atoms with Gasteiger partial charge in [-0.15, -0.1) is 0 Å². The van der Waals surface area contributed by atoms with E-state index in [1.807, 2.05) is 24.3 Å². The number of rotatable bonds is 1. The van der Waals surface area contributed by atoms with Crippen molar-refractivity contribution in [1.82, 2.24) is 4.98 Å². The van der Waals surface area contributed by atoms with Gasteiger partial charge in [0, 0.05) is 20.7 Å². The second-order valence-electron chi connectivity index (χ2n) is 2.80. The SMILES string of the molecule is Brc1cc(Br)cc(-c2c[c]ccn2)c1. The fourth-order valence-electron chi connectivity index (χ4n) is 1.18. The van der Waals surface area contributed by atoms with Crippen molar-refractivity contribution in [3.05, 3.63) is 51.5 Å². The van der Waals surface area contributed by atoms with Gasteiger partial charge in [0.05, 0.1) is 5.69 Å². The van der Waals surface area contributed by atoms with Crippen molar-refractivity contribution < 1.29 is 0 Å². The fourth-order valence-corrected chi connectivity index (χ4v) is 2.48. The Morgan fingerprint density at radius 1 is 1.07 bits per heavy atom. The summed E-state index contributed by atoms with van der Waals surface area (Å²) >= 11 is 6.88. The predicted octanol–water partition coefficient (Wildman–Crippen LogP) is 4.07. The highest BCUT2D eigenvalue weighted by atomic mass is 79.9. The van der Waals surface area contributed by atoms with Crippen molar-refractivity contribution in [2.45, 2.75) is 0 Å². The first-order chi connectivity index (χ1) is 6.75. The monoisotopic (exact) mass is 310 g/mol. The summed E-state index contributed by atoms with van der Waals surface area (Å²) in [5.74, 6) is 0. The van der Waals surface area contributed by atoms with Crippen LogP contribution in [0.2, 0.25) is 0 Å². The number of halogens is 2. The Balaban J connectivity index is 2.52. The van der Waals surface area contributed by atoms with Crippen molar-refractivity contribution in [3.63, 3.8) is 0 Å². The van der Waals surface area contributed by atoms with E-state index in [1.165, 1.54) is 0 Å². The Hall–Kier alpha value is -0.670. The molecule has 1 radical (unpaired) electrons. The molecule has 0 aliphatic heterocycles. The van der Waals surface area contributed by atoms with Crippen LogP contribution in [0, 0.1) is 6.07 Å². The normalized spacial score (nSPS) is 10.1. The van der Waals surface area contributed by atoms with Crippen LogP contribution in [0.4, 0.5) is 0 Å². The Labute approximate surface area is 99.4 Å². The summed E-state index contributed by atoms with van der Waals surface area (Å²) in [4.78, 5) is 4.26. The van der Waals surface area contributed by atoms with Gasteiger partial charge in [-0.2, -0.15) is 0 Å². The molecule has 69 valence electrons. The number of benzene rings is 1. The lowest BCUT2D eigenvalue weighted by Gasteiger charge is -2.01. The molecule has 0 saturated heterocycles. The molecule has 0 aliphatic rings. The van der Waals surface area contributed by atoms with Gasteiger partial charge in [-0.3, -0.25) is 4.98 Å². The maximum absolute atomic E-state index is 4.26. The van der Waals surface area contributed by atoms with Gasteiger partial charge in [0.2, 0.25) is 0 Å². The van der Waals surface area contributed by atoms with Crippen LogP contribution in [0.3, 0.4) is 0 Å². The standard InChI is InChI=1S/C11H6Br2N/c12-9-5-8(6-10(13)7-9)11-3-1-2-4-14-11/h2-7H. The maximum atomic E-state index is 4.26. The van der Waals surface area contributed by atoms with Gasteiger partial charge in [-0.25, -0.2) is 0 Å². The second-order valence-corrected chi connectivity index (χ2v) is 4.63. The largest absolute Gasteiger partial charge is 0.256 e. The molecule has 0 atom stereocenters. The molecule has 0 aliphatic carbocycles. The third-order valence-electron chi connectivity index (χ3n) is 1.76. The molecule has 0 saturated carbocycles. The molecule has 3 heteroatoms. The van der Waals surface area contributed by atoms with Crippen LogP contribution in [0.25, 0.3) is 11.3 Å². The predicted molar refractivity (Wildman–Crippen MR) is 63.9 cm³/mol. The van der Waals surface area contributed by atoms with E-state index >= 15 is 0 Å². The minimum absolute atomic E-state index is 0.925. The molecule has 0 spiro atoms. The zero-order valence-corrected chi connectivity index (χ0v) is 10.3. The number of aromatic nitrogens is 1. The third-order valence-corrected chi connectivity index (χ3v) is 2.68. The molecule has 1 aromatic heterocycles. The van der Waals surface area contributed by atoms with Gasteiger partial charge >= 0.3 is 0 Å². The number of nitrogens with zero attached hydrogens (tertiary/aromatic N) is 1. The lowest BCUT2D eigenvalue weighted by atomic mass is 10.1. The molecule has 14 heavy (non-hydrogen) atoms. The molecule has 1 heterocycles. The Morgan fingerprint density at radius 2 is 1.79 bits per heavy atom. The molecular formula is C11H6Br2N.